The van der Waals surface area contributed by atoms with Crippen molar-refractivity contribution in [2.45, 2.75) is 20.3 Å². The Bertz CT molecular complexity index is 929. The number of rotatable bonds is 5. The molecule has 4 nitrogen and oxygen atoms in total. The molecule has 0 spiro atoms. The van der Waals surface area contributed by atoms with Gasteiger partial charge in [0.15, 0.2) is 0 Å². The molecule has 0 fully saturated rings. The van der Waals surface area contributed by atoms with Crippen molar-refractivity contribution in [3.8, 4) is 11.1 Å². The van der Waals surface area contributed by atoms with E-state index in [0.29, 0.717) is 22.7 Å². The van der Waals surface area contributed by atoms with E-state index in [2.05, 4.69) is 10.6 Å². The van der Waals surface area contributed by atoms with Crippen LogP contribution in [0, 0.1) is 6.92 Å². The van der Waals surface area contributed by atoms with Gasteiger partial charge in [0, 0.05) is 23.4 Å². The van der Waals surface area contributed by atoms with E-state index >= 15 is 0 Å². The summed E-state index contributed by atoms with van der Waals surface area (Å²) in [6.45, 7) is 3.83. The highest BCUT2D eigenvalue weighted by atomic mass is 32.1. The van der Waals surface area contributed by atoms with Crippen LogP contribution < -0.4 is 10.6 Å². The highest BCUT2D eigenvalue weighted by Gasteiger charge is 2.15. The van der Waals surface area contributed by atoms with Crippen LogP contribution in [-0.4, -0.2) is 11.8 Å². The Morgan fingerprint density at radius 2 is 1.65 bits per heavy atom. The van der Waals surface area contributed by atoms with Crippen molar-refractivity contribution in [2.24, 2.45) is 0 Å². The van der Waals surface area contributed by atoms with Gasteiger partial charge >= 0.3 is 0 Å². The summed E-state index contributed by atoms with van der Waals surface area (Å²) >= 11 is 1.41. The number of thiophene rings is 1. The van der Waals surface area contributed by atoms with E-state index in [4.69, 9.17) is 0 Å². The van der Waals surface area contributed by atoms with Crippen molar-refractivity contribution in [1.29, 1.82) is 0 Å². The summed E-state index contributed by atoms with van der Waals surface area (Å²) in [5, 5.41) is 7.63. The second-order valence-electron chi connectivity index (χ2n) is 5.97. The minimum absolute atomic E-state index is 0.0617. The predicted octanol–water partition coefficient (Wildman–Crippen LogP) is 5.32. The van der Waals surface area contributed by atoms with Crippen LogP contribution in [0.2, 0.25) is 0 Å². The van der Waals surface area contributed by atoms with Crippen molar-refractivity contribution in [1.82, 2.24) is 0 Å². The van der Waals surface area contributed by atoms with E-state index in [-0.39, 0.29) is 11.8 Å². The van der Waals surface area contributed by atoms with Gasteiger partial charge in [-0.3, -0.25) is 9.59 Å². The minimum Gasteiger partial charge on any atom is -0.326 e. The molecule has 3 aromatic rings. The van der Waals surface area contributed by atoms with Crippen LogP contribution in [0.4, 0.5) is 11.4 Å². The van der Waals surface area contributed by atoms with Gasteiger partial charge in [-0.1, -0.05) is 42.8 Å². The molecule has 1 heterocycles. The first-order valence-electron chi connectivity index (χ1n) is 8.42. The number of hydrogen-bond acceptors (Lipinski definition) is 3. The van der Waals surface area contributed by atoms with Gasteiger partial charge in [0.05, 0.1) is 4.88 Å². The van der Waals surface area contributed by atoms with E-state index in [0.717, 1.165) is 11.1 Å². The molecule has 0 radical (unpaired) electrons. The Morgan fingerprint density at radius 3 is 2.35 bits per heavy atom. The fourth-order valence-corrected chi connectivity index (χ4v) is 3.37. The third-order valence-corrected chi connectivity index (χ3v) is 4.87. The monoisotopic (exact) mass is 364 g/mol. The molecule has 0 aliphatic rings. The maximum absolute atomic E-state index is 12.7. The zero-order valence-corrected chi connectivity index (χ0v) is 15.5. The summed E-state index contributed by atoms with van der Waals surface area (Å²) in [5.41, 5.74) is 4.43. The molecular weight excluding hydrogens is 344 g/mol. The van der Waals surface area contributed by atoms with E-state index in [9.17, 15) is 9.59 Å². The van der Waals surface area contributed by atoms with Crippen molar-refractivity contribution in [2.75, 3.05) is 10.6 Å². The van der Waals surface area contributed by atoms with E-state index in [1.807, 2.05) is 42.6 Å². The summed E-state index contributed by atoms with van der Waals surface area (Å²) in [7, 11) is 0. The molecule has 0 bridgehead atoms. The Morgan fingerprint density at radius 1 is 0.962 bits per heavy atom. The van der Waals surface area contributed by atoms with Crippen LogP contribution in [0.1, 0.15) is 28.6 Å². The molecule has 2 aromatic carbocycles. The fourth-order valence-electron chi connectivity index (χ4n) is 2.56. The first kappa shape index (κ1) is 17.9. The van der Waals surface area contributed by atoms with Crippen molar-refractivity contribution < 1.29 is 9.59 Å². The maximum atomic E-state index is 12.7. The molecule has 1 aromatic heterocycles. The van der Waals surface area contributed by atoms with Gasteiger partial charge in [0.25, 0.3) is 5.91 Å². The molecule has 3 rings (SSSR count). The van der Waals surface area contributed by atoms with Gasteiger partial charge in [-0.25, -0.2) is 0 Å². The number of benzene rings is 2. The Hall–Kier alpha value is -2.92. The van der Waals surface area contributed by atoms with Crippen LogP contribution in [0.25, 0.3) is 11.1 Å². The molecule has 0 saturated carbocycles. The number of amides is 2. The SMILES string of the molecule is CCC(=O)Nc1cccc(NC(=O)c2sccc2-c2ccc(C)cc2)c1. The molecule has 0 saturated heterocycles. The lowest BCUT2D eigenvalue weighted by Crippen LogP contribution is -2.12. The average molecular weight is 364 g/mol. The first-order chi connectivity index (χ1) is 12.6. The van der Waals surface area contributed by atoms with E-state index in [1.54, 1.807) is 31.2 Å². The lowest BCUT2D eigenvalue weighted by molar-refractivity contribution is -0.115. The molecule has 2 N–H and O–H groups in total. The van der Waals surface area contributed by atoms with E-state index < -0.39 is 0 Å². The molecule has 2 amide bonds. The molecule has 0 aliphatic heterocycles. The number of aryl methyl sites for hydroxylation is 1. The van der Waals surface area contributed by atoms with Crippen LogP contribution >= 0.6 is 11.3 Å². The van der Waals surface area contributed by atoms with Gasteiger partial charge < -0.3 is 10.6 Å². The number of carbonyl (C=O) groups is 2. The minimum atomic E-state index is -0.158. The highest BCUT2D eigenvalue weighted by Crippen LogP contribution is 2.29. The first-order valence-corrected chi connectivity index (χ1v) is 9.30. The molecule has 26 heavy (non-hydrogen) atoms. The second kappa shape index (κ2) is 7.97. The number of carbonyl (C=O) groups excluding carboxylic acids is 2. The van der Waals surface area contributed by atoms with Gasteiger partial charge in [0.1, 0.15) is 0 Å². The van der Waals surface area contributed by atoms with Gasteiger partial charge in [-0.2, -0.15) is 0 Å². The molecule has 0 atom stereocenters. The van der Waals surface area contributed by atoms with Gasteiger partial charge in [-0.05, 0) is 42.1 Å². The highest BCUT2D eigenvalue weighted by molar-refractivity contribution is 7.12. The number of nitrogens with one attached hydrogen (secondary N) is 2. The zero-order valence-electron chi connectivity index (χ0n) is 14.7. The predicted molar refractivity (Wildman–Crippen MR) is 108 cm³/mol. The van der Waals surface area contributed by atoms with Crippen molar-refractivity contribution in [3.63, 3.8) is 0 Å². The largest absolute Gasteiger partial charge is 0.326 e. The number of hydrogen-bond donors (Lipinski definition) is 2. The smallest absolute Gasteiger partial charge is 0.266 e. The Labute approximate surface area is 156 Å². The normalized spacial score (nSPS) is 10.4. The van der Waals surface area contributed by atoms with Crippen LogP contribution in [0.3, 0.4) is 0 Å². The standard InChI is InChI=1S/C21H20N2O2S/c1-3-19(24)22-16-5-4-6-17(13-16)23-21(25)20-18(11-12-26-20)15-9-7-14(2)8-10-15/h4-13H,3H2,1-2H3,(H,22,24)(H,23,25). The molecule has 5 heteroatoms. The second-order valence-corrected chi connectivity index (χ2v) is 6.88. The molecular formula is C21H20N2O2S. The molecule has 132 valence electrons. The summed E-state index contributed by atoms with van der Waals surface area (Å²) in [5.74, 6) is -0.220. The third kappa shape index (κ3) is 4.18. The summed E-state index contributed by atoms with van der Waals surface area (Å²) in [4.78, 5) is 24.9. The summed E-state index contributed by atoms with van der Waals surface area (Å²) in [6, 6.07) is 17.2. The molecule has 0 aliphatic carbocycles. The van der Waals surface area contributed by atoms with Gasteiger partial charge in [-0.15, -0.1) is 11.3 Å². The third-order valence-electron chi connectivity index (χ3n) is 3.96. The zero-order chi connectivity index (χ0) is 18.5. The van der Waals surface area contributed by atoms with Crippen LogP contribution in [0.15, 0.2) is 60.0 Å². The molecule has 0 unspecified atom stereocenters. The quantitative estimate of drug-likeness (QED) is 0.643. The topological polar surface area (TPSA) is 58.2 Å². The van der Waals surface area contributed by atoms with E-state index in [1.165, 1.54) is 16.9 Å². The Balaban J connectivity index is 1.79. The fraction of sp³-hybridized carbons (Fsp3) is 0.143. The van der Waals surface area contributed by atoms with Gasteiger partial charge in [0.2, 0.25) is 5.91 Å². The average Bonchev–Trinajstić information content (AvgIpc) is 3.12. The van der Waals surface area contributed by atoms with Crippen molar-refractivity contribution in [3.05, 3.63) is 70.4 Å². The summed E-state index contributed by atoms with van der Waals surface area (Å²) < 4.78 is 0. The lowest BCUT2D eigenvalue weighted by Gasteiger charge is -2.09. The van der Waals surface area contributed by atoms with Crippen LogP contribution in [0.5, 0.6) is 0 Å². The van der Waals surface area contributed by atoms with Crippen LogP contribution in [-0.2, 0) is 4.79 Å². The lowest BCUT2D eigenvalue weighted by atomic mass is 10.0. The summed E-state index contributed by atoms with van der Waals surface area (Å²) in [6.07, 6.45) is 0.408. The van der Waals surface area contributed by atoms with Crippen molar-refractivity contribution >= 4 is 34.5 Å². The maximum Gasteiger partial charge on any atom is 0.266 e. The Kier molecular flexibility index (Phi) is 5.49. The number of anilines is 2.